The lowest BCUT2D eigenvalue weighted by molar-refractivity contribution is 0.519. The Kier molecular flexibility index (Phi) is 3.03. The Bertz CT molecular complexity index is 479. The van der Waals surface area contributed by atoms with Crippen molar-refractivity contribution in [3.8, 4) is 0 Å². The summed E-state index contributed by atoms with van der Waals surface area (Å²) < 4.78 is 5.29. The molecule has 0 amide bonds. The third-order valence-corrected chi connectivity index (χ3v) is 2.77. The van der Waals surface area contributed by atoms with E-state index in [4.69, 9.17) is 10.3 Å². The molecule has 4 nitrogen and oxygen atoms in total. The maximum atomic E-state index is 5.61. The van der Waals surface area contributed by atoms with Gasteiger partial charge in [0.1, 0.15) is 5.76 Å². The summed E-state index contributed by atoms with van der Waals surface area (Å²) in [4.78, 5) is 4.13. The number of hydrogen-bond donors (Lipinski definition) is 2. The van der Waals surface area contributed by atoms with Crippen molar-refractivity contribution in [1.82, 2.24) is 10.4 Å². The molecule has 16 heavy (non-hydrogen) atoms. The van der Waals surface area contributed by atoms with Crippen molar-refractivity contribution < 1.29 is 4.42 Å². The van der Waals surface area contributed by atoms with E-state index in [2.05, 4.69) is 10.4 Å². The molecule has 2 heterocycles. The predicted octanol–water partition coefficient (Wildman–Crippen LogP) is 1.84. The van der Waals surface area contributed by atoms with Crippen molar-refractivity contribution in [3.63, 3.8) is 0 Å². The average Bonchev–Trinajstić information content (AvgIpc) is 2.69. The molecule has 2 aromatic heterocycles. The van der Waals surface area contributed by atoms with Gasteiger partial charge in [0.2, 0.25) is 0 Å². The fourth-order valence-corrected chi connectivity index (χ4v) is 1.82. The van der Waals surface area contributed by atoms with Gasteiger partial charge in [-0.1, -0.05) is 0 Å². The van der Waals surface area contributed by atoms with Crippen LogP contribution in [0.1, 0.15) is 28.5 Å². The molecule has 0 saturated heterocycles. The zero-order valence-electron chi connectivity index (χ0n) is 9.40. The molecule has 84 valence electrons. The maximum Gasteiger partial charge on any atom is 0.105 e. The Morgan fingerprint density at radius 2 is 2.12 bits per heavy atom. The first-order chi connectivity index (χ1) is 7.74. The van der Waals surface area contributed by atoms with E-state index in [0.717, 1.165) is 22.5 Å². The third kappa shape index (κ3) is 1.85. The summed E-state index contributed by atoms with van der Waals surface area (Å²) in [5.41, 5.74) is 6.06. The molecule has 1 atom stereocenters. The number of aromatic nitrogens is 1. The topological polar surface area (TPSA) is 64.1 Å². The lowest BCUT2D eigenvalue weighted by atomic mass is 9.98. The second kappa shape index (κ2) is 4.47. The van der Waals surface area contributed by atoms with E-state index in [1.54, 1.807) is 12.5 Å². The van der Waals surface area contributed by atoms with Crippen LogP contribution in [0.4, 0.5) is 0 Å². The number of furan rings is 1. The molecule has 0 aromatic carbocycles. The Balaban J connectivity index is 2.45. The van der Waals surface area contributed by atoms with E-state index in [0.29, 0.717) is 0 Å². The summed E-state index contributed by atoms with van der Waals surface area (Å²) in [6.45, 7) is 3.96. The first-order valence-corrected chi connectivity index (χ1v) is 5.14. The quantitative estimate of drug-likeness (QED) is 0.608. The molecule has 0 bridgehead atoms. The first-order valence-electron chi connectivity index (χ1n) is 5.14. The molecule has 2 rings (SSSR count). The highest BCUT2D eigenvalue weighted by atomic mass is 16.3. The van der Waals surface area contributed by atoms with Crippen LogP contribution in [-0.2, 0) is 0 Å². The predicted molar refractivity (Wildman–Crippen MR) is 61.6 cm³/mol. The smallest absolute Gasteiger partial charge is 0.105 e. The van der Waals surface area contributed by atoms with E-state index < -0.39 is 0 Å². The Hall–Kier alpha value is -1.65. The van der Waals surface area contributed by atoms with Crippen molar-refractivity contribution in [3.05, 3.63) is 53.2 Å². The fraction of sp³-hybridized carbons (Fsp3) is 0.250. The van der Waals surface area contributed by atoms with E-state index >= 15 is 0 Å². The molecular formula is C12H15N3O. The normalized spacial score (nSPS) is 12.7. The van der Waals surface area contributed by atoms with Crippen LogP contribution in [0.2, 0.25) is 0 Å². The number of hydrazine groups is 1. The summed E-state index contributed by atoms with van der Waals surface area (Å²) in [6.07, 6.45) is 5.27. The molecule has 1 unspecified atom stereocenters. The molecule has 0 aliphatic heterocycles. The van der Waals surface area contributed by atoms with E-state index in [9.17, 15) is 0 Å². The molecule has 3 N–H and O–H groups in total. The molecular weight excluding hydrogens is 202 g/mol. The van der Waals surface area contributed by atoms with Crippen LogP contribution < -0.4 is 11.3 Å². The van der Waals surface area contributed by atoms with Crippen molar-refractivity contribution in [2.45, 2.75) is 19.9 Å². The number of pyridine rings is 1. The Labute approximate surface area is 94.5 Å². The SMILES string of the molecule is Cc1ccncc1C(NN)c1ccoc1C. The molecule has 0 aliphatic carbocycles. The lowest BCUT2D eigenvalue weighted by Gasteiger charge is -2.17. The van der Waals surface area contributed by atoms with Crippen LogP contribution in [-0.4, -0.2) is 4.98 Å². The summed E-state index contributed by atoms with van der Waals surface area (Å²) in [5.74, 6) is 6.48. The number of nitrogens with two attached hydrogens (primary N) is 1. The number of nitrogens with one attached hydrogen (secondary N) is 1. The summed E-state index contributed by atoms with van der Waals surface area (Å²) in [5, 5.41) is 0. The highest BCUT2D eigenvalue weighted by Gasteiger charge is 2.18. The third-order valence-electron chi connectivity index (χ3n) is 2.77. The van der Waals surface area contributed by atoms with Gasteiger partial charge < -0.3 is 4.42 Å². The van der Waals surface area contributed by atoms with Crippen LogP contribution in [0.15, 0.2) is 35.2 Å². The van der Waals surface area contributed by atoms with Gasteiger partial charge in [-0.05, 0) is 37.1 Å². The van der Waals surface area contributed by atoms with E-state index in [-0.39, 0.29) is 6.04 Å². The van der Waals surface area contributed by atoms with Crippen molar-refractivity contribution in [1.29, 1.82) is 0 Å². The van der Waals surface area contributed by atoms with Gasteiger partial charge >= 0.3 is 0 Å². The maximum absolute atomic E-state index is 5.61. The summed E-state index contributed by atoms with van der Waals surface area (Å²) in [7, 11) is 0. The molecule has 0 saturated carbocycles. The minimum absolute atomic E-state index is 0.0764. The molecule has 0 fully saturated rings. The molecule has 4 heteroatoms. The number of nitrogens with zero attached hydrogens (tertiary/aromatic N) is 1. The molecule has 0 aliphatic rings. The number of aryl methyl sites for hydroxylation is 2. The minimum Gasteiger partial charge on any atom is -0.469 e. The Morgan fingerprint density at radius 3 is 2.69 bits per heavy atom. The molecule has 2 aromatic rings. The van der Waals surface area contributed by atoms with Crippen LogP contribution in [0.5, 0.6) is 0 Å². The summed E-state index contributed by atoms with van der Waals surface area (Å²) >= 11 is 0. The summed E-state index contributed by atoms with van der Waals surface area (Å²) in [6, 6.07) is 3.81. The zero-order valence-corrected chi connectivity index (χ0v) is 9.40. The van der Waals surface area contributed by atoms with Gasteiger partial charge in [0, 0.05) is 18.0 Å². The van der Waals surface area contributed by atoms with Gasteiger partial charge in [-0.15, -0.1) is 0 Å². The molecule has 0 spiro atoms. The van der Waals surface area contributed by atoms with Gasteiger partial charge in [-0.2, -0.15) is 0 Å². The van der Waals surface area contributed by atoms with Crippen LogP contribution in [0.25, 0.3) is 0 Å². The second-order valence-electron chi connectivity index (χ2n) is 3.76. The van der Waals surface area contributed by atoms with Gasteiger partial charge in [-0.25, -0.2) is 5.43 Å². The van der Waals surface area contributed by atoms with Gasteiger partial charge in [0.05, 0.1) is 12.3 Å². The molecule has 0 radical (unpaired) electrons. The largest absolute Gasteiger partial charge is 0.469 e. The average molecular weight is 217 g/mol. The number of hydrogen-bond acceptors (Lipinski definition) is 4. The van der Waals surface area contributed by atoms with Crippen LogP contribution in [0.3, 0.4) is 0 Å². The standard InChI is InChI=1S/C12H15N3O/c1-8-3-5-14-7-11(8)12(15-13)10-4-6-16-9(10)2/h3-7,12,15H,13H2,1-2H3. The number of rotatable bonds is 3. The van der Waals surface area contributed by atoms with E-state index in [1.165, 1.54) is 0 Å². The second-order valence-corrected chi connectivity index (χ2v) is 3.76. The van der Waals surface area contributed by atoms with Crippen LogP contribution >= 0.6 is 0 Å². The van der Waals surface area contributed by atoms with Gasteiger partial charge in [-0.3, -0.25) is 10.8 Å². The minimum atomic E-state index is -0.0764. The highest BCUT2D eigenvalue weighted by molar-refractivity contribution is 5.35. The van der Waals surface area contributed by atoms with Crippen molar-refractivity contribution in [2.24, 2.45) is 5.84 Å². The first kappa shape index (κ1) is 10.9. The van der Waals surface area contributed by atoms with E-state index in [1.807, 2.05) is 32.2 Å². The zero-order chi connectivity index (χ0) is 11.5. The van der Waals surface area contributed by atoms with Gasteiger partial charge in [0.25, 0.3) is 0 Å². The lowest BCUT2D eigenvalue weighted by Crippen LogP contribution is -2.29. The van der Waals surface area contributed by atoms with Crippen molar-refractivity contribution >= 4 is 0 Å². The highest BCUT2D eigenvalue weighted by Crippen LogP contribution is 2.26. The van der Waals surface area contributed by atoms with Crippen LogP contribution in [0, 0.1) is 13.8 Å². The van der Waals surface area contributed by atoms with Crippen molar-refractivity contribution in [2.75, 3.05) is 0 Å². The van der Waals surface area contributed by atoms with Gasteiger partial charge in [0.15, 0.2) is 0 Å². The Morgan fingerprint density at radius 1 is 1.31 bits per heavy atom. The fourth-order valence-electron chi connectivity index (χ4n) is 1.82. The monoisotopic (exact) mass is 217 g/mol.